The molecule has 2 N–H and O–H groups in total. The molecule has 2 rings (SSSR count). The number of halogens is 2. The van der Waals surface area contributed by atoms with Crippen molar-refractivity contribution in [2.45, 2.75) is 13.8 Å². The topological polar surface area (TPSA) is 96.4 Å². The molecule has 0 radical (unpaired) electrons. The minimum atomic E-state index is -0.608. The second-order valence-corrected chi connectivity index (χ2v) is 5.51. The van der Waals surface area contributed by atoms with Gasteiger partial charge in [0.05, 0.1) is 22.9 Å². The van der Waals surface area contributed by atoms with E-state index in [1.807, 2.05) is 6.92 Å². The average Bonchev–Trinajstić information content (AvgIpc) is 2.50. The molecule has 1 heterocycles. The van der Waals surface area contributed by atoms with Crippen LogP contribution in [0.2, 0.25) is 10.0 Å². The Kier molecular flexibility index (Phi) is 5.94. The maximum absolute atomic E-state index is 11.9. The first kappa shape index (κ1) is 18.0. The van der Waals surface area contributed by atoms with E-state index in [0.717, 1.165) is 0 Å². The second-order valence-electron chi connectivity index (χ2n) is 4.70. The van der Waals surface area contributed by atoms with Crippen molar-refractivity contribution < 1.29 is 9.53 Å². The third kappa shape index (κ3) is 4.56. The summed E-state index contributed by atoms with van der Waals surface area (Å²) < 4.78 is 5.33. The van der Waals surface area contributed by atoms with Gasteiger partial charge in [0.1, 0.15) is 5.69 Å². The molecule has 24 heavy (non-hydrogen) atoms. The summed E-state index contributed by atoms with van der Waals surface area (Å²) in [6.45, 7) is 3.90. The van der Waals surface area contributed by atoms with Crippen molar-refractivity contribution in [1.29, 1.82) is 0 Å². The molecular formula is C15H14Cl2N4O3. The number of ether oxygens (including phenoxy) is 1. The lowest BCUT2D eigenvalue weighted by Crippen LogP contribution is -2.24. The van der Waals surface area contributed by atoms with Gasteiger partial charge in [0, 0.05) is 5.69 Å². The molecule has 1 amide bonds. The van der Waals surface area contributed by atoms with Gasteiger partial charge in [0.2, 0.25) is 0 Å². The third-order valence-corrected chi connectivity index (χ3v) is 3.36. The van der Waals surface area contributed by atoms with E-state index in [1.54, 1.807) is 19.1 Å². The predicted octanol–water partition coefficient (Wildman–Crippen LogP) is 2.55. The number of H-pyrrole nitrogens is 1. The first-order valence-electron chi connectivity index (χ1n) is 6.94. The van der Waals surface area contributed by atoms with Crippen LogP contribution < -0.4 is 15.9 Å². The van der Waals surface area contributed by atoms with Crippen LogP contribution in [0, 0.1) is 6.92 Å². The quantitative estimate of drug-likeness (QED) is 0.625. The zero-order valence-corrected chi connectivity index (χ0v) is 14.4. The van der Waals surface area contributed by atoms with Gasteiger partial charge in [-0.1, -0.05) is 23.2 Å². The van der Waals surface area contributed by atoms with Crippen LogP contribution in [0.4, 0.5) is 0 Å². The van der Waals surface area contributed by atoms with E-state index < -0.39 is 11.6 Å². The Morgan fingerprint density at radius 3 is 2.62 bits per heavy atom. The molecule has 0 saturated carbocycles. The maximum atomic E-state index is 11.9. The van der Waals surface area contributed by atoms with Crippen molar-refractivity contribution in [1.82, 2.24) is 15.4 Å². The summed E-state index contributed by atoms with van der Waals surface area (Å²) in [7, 11) is 0. The van der Waals surface area contributed by atoms with Gasteiger partial charge >= 0.3 is 5.69 Å². The summed E-state index contributed by atoms with van der Waals surface area (Å²) in [5.41, 5.74) is 2.74. The van der Waals surface area contributed by atoms with Crippen molar-refractivity contribution in [3.8, 4) is 5.75 Å². The van der Waals surface area contributed by atoms with Crippen molar-refractivity contribution in [2.75, 3.05) is 6.61 Å². The number of carbonyl (C=O) groups is 1. The Morgan fingerprint density at radius 1 is 1.38 bits per heavy atom. The lowest BCUT2D eigenvalue weighted by atomic mass is 10.2. The lowest BCUT2D eigenvalue weighted by Gasteiger charge is -2.08. The molecule has 2 aromatic rings. The fourth-order valence-corrected chi connectivity index (χ4v) is 2.47. The highest BCUT2D eigenvalue weighted by Gasteiger charge is 2.09. The van der Waals surface area contributed by atoms with Gasteiger partial charge in [-0.05, 0) is 37.6 Å². The monoisotopic (exact) mass is 368 g/mol. The fraction of sp³-hybridized carbons (Fsp3) is 0.200. The van der Waals surface area contributed by atoms with Crippen LogP contribution in [0.15, 0.2) is 28.1 Å². The van der Waals surface area contributed by atoms with Crippen molar-refractivity contribution in [3.63, 3.8) is 0 Å². The number of benzene rings is 1. The van der Waals surface area contributed by atoms with Crippen LogP contribution in [0.1, 0.15) is 28.7 Å². The molecule has 0 aliphatic rings. The van der Waals surface area contributed by atoms with Crippen molar-refractivity contribution >= 4 is 35.3 Å². The number of rotatable bonds is 5. The van der Waals surface area contributed by atoms with E-state index in [1.165, 1.54) is 12.3 Å². The second kappa shape index (κ2) is 7.94. The van der Waals surface area contributed by atoms with Crippen LogP contribution in [-0.2, 0) is 0 Å². The zero-order chi connectivity index (χ0) is 17.7. The Labute approximate surface area is 147 Å². The number of amides is 1. The Hall–Kier alpha value is -2.38. The molecule has 126 valence electrons. The summed E-state index contributed by atoms with van der Waals surface area (Å²) in [6, 6.07) is 4.64. The van der Waals surface area contributed by atoms with Gasteiger partial charge in [-0.2, -0.15) is 10.1 Å². The standard InChI is InChI=1S/C15H14Cl2N4O3/c1-3-24-13-10(16)5-9(6-11(13)17)7-18-21-14(22)12-4-8(2)19-15(23)20-12/h4-7H,3H2,1-2H3,(H,21,22)(H,19,20,23)/b18-7+. The number of aromatic nitrogens is 2. The van der Waals surface area contributed by atoms with Crippen LogP contribution >= 0.6 is 23.2 Å². The van der Waals surface area contributed by atoms with Crippen molar-refractivity contribution in [3.05, 3.63) is 55.7 Å². The Bertz CT molecular complexity index is 826. The lowest BCUT2D eigenvalue weighted by molar-refractivity contribution is 0.0949. The van der Waals surface area contributed by atoms with Gasteiger partial charge in [0.15, 0.2) is 5.75 Å². The molecule has 0 saturated heterocycles. The fourth-order valence-electron chi connectivity index (χ4n) is 1.85. The maximum Gasteiger partial charge on any atom is 0.345 e. The Balaban J connectivity index is 2.11. The summed E-state index contributed by atoms with van der Waals surface area (Å²) in [4.78, 5) is 29.2. The summed E-state index contributed by atoms with van der Waals surface area (Å²) in [5.74, 6) is -0.214. The number of hydrogen-bond acceptors (Lipinski definition) is 5. The normalized spacial score (nSPS) is 10.8. The van der Waals surface area contributed by atoms with Crippen LogP contribution in [0.25, 0.3) is 0 Å². The number of nitrogens with one attached hydrogen (secondary N) is 2. The summed E-state index contributed by atoms with van der Waals surface area (Å²) in [5, 5.41) is 4.47. The predicted molar refractivity (Wildman–Crippen MR) is 92.3 cm³/mol. The summed E-state index contributed by atoms with van der Waals surface area (Å²) in [6.07, 6.45) is 1.37. The minimum absolute atomic E-state index is 0.0313. The van der Waals surface area contributed by atoms with Gasteiger partial charge in [-0.15, -0.1) is 0 Å². The smallest absolute Gasteiger partial charge is 0.345 e. The molecule has 0 atom stereocenters. The van der Waals surface area contributed by atoms with E-state index in [0.29, 0.717) is 33.7 Å². The largest absolute Gasteiger partial charge is 0.491 e. The number of aryl methyl sites for hydroxylation is 1. The van der Waals surface area contributed by atoms with Gasteiger partial charge in [-0.3, -0.25) is 4.79 Å². The highest BCUT2D eigenvalue weighted by Crippen LogP contribution is 2.33. The molecule has 0 bridgehead atoms. The van der Waals surface area contributed by atoms with E-state index in [4.69, 9.17) is 27.9 Å². The first-order chi connectivity index (χ1) is 11.4. The Morgan fingerprint density at radius 2 is 2.04 bits per heavy atom. The van der Waals surface area contributed by atoms with Gasteiger partial charge < -0.3 is 9.72 Å². The molecule has 0 spiro atoms. The highest BCUT2D eigenvalue weighted by molar-refractivity contribution is 6.37. The van der Waals surface area contributed by atoms with Gasteiger partial charge in [-0.25, -0.2) is 10.2 Å². The molecule has 0 unspecified atom stereocenters. The van der Waals surface area contributed by atoms with Crippen LogP contribution in [0.3, 0.4) is 0 Å². The number of carbonyl (C=O) groups excluding carboxylic acids is 1. The summed E-state index contributed by atoms with van der Waals surface area (Å²) >= 11 is 12.2. The molecule has 1 aromatic carbocycles. The molecule has 7 nitrogen and oxygen atoms in total. The molecule has 9 heteroatoms. The van der Waals surface area contributed by atoms with Crippen LogP contribution in [0.5, 0.6) is 5.75 Å². The van der Waals surface area contributed by atoms with E-state index in [2.05, 4.69) is 20.5 Å². The number of hydrazone groups is 1. The zero-order valence-electron chi connectivity index (χ0n) is 12.9. The molecule has 0 fully saturated rings. The molecule has 0 aliphatic heterocycles. The highest BCUT2D eigenvalue weighted by atomic mass is 35.5. The van der Waals surface area contributed by atoms with Gasteiger partial charge in [0.25, 0.3) is 5.91 Å². The van der Waals surface area contributed by atoms with Crippen LogP contribution in [-0.4, -0.2) is 28.7 Å². The third-order valence-electron chi connectivity index (χ3n) is 2.80. The molecule has 0 aliphatic carbocycles. The number of nitrogens with zero attached hydrogens (tertiary/aromatic N) is 2. The number of aromatic amines is 1. The average molecular weight is 369 g/mol. The van der Waals surface area contributed by atoms with Crippen molar-refractivity contribution in [2.24, 2.45) is 5.10 Å². The first-order valence-corrected chi connectivity index (χ1v) is 7.69. The number of hydrogen-bond donors (Lipinski definition) is 2. The van der Waals surface area contributed by atoms with E-state index in [-0.39, 0.29) is 5.69 Å². The molecular weight excluding hydrogens is 355 g/mol. The molecule has 1 aromatic heterocycles. The van der Waals surface area contributed by atoms with E-state index in [9.17, 15) is 9.59 Å². The SMILES string of the molecule is CCOc1c(Cl)cc(/C=N/NC(=O)c2cc(C)[nH]c(=O)n2)cc1Cl. The minimum Gasteiger partial charge on any atom is -0.491 e. The van der Waals surface area contributed by atoms with E-state index >= 15 is 0 Å².